The van der Waals surface area contributed by atoms with Gasteiger partial charge in [-0.05, 0) is 26.3 Å². The average Bonchev–Trinajstić information content (AvgIpc) is 2.54. The molecule has 7 nitrogen and oxygen atoms in total. The Morgan fingerprint density at radius 3 is 2.68 bits per heavy atom. The third kappa shape index (κ3) is 5.25. The number of amides is 2. The number of alkyl carbamates (subject to hydrolysis) is 1. The Morgan fingerprint density at radius 1 is 1.32 bits per heavy atom. The summed E-state index contributed by atoms with van der Waals surface area (Å²) >= 11 is 0. The third-order valence-electron chi connectivity index (χ3n) is 3.01. The number of nitrogens with one attached hydrogen (secondary N) is 1. The Morgan fingerprint density at radius 2 is 2.05 bits per heavy atom. The first-order valence-electron chi connectivity index (χ1n) is 6.48. The zero-order valence-corrected chi connectivity index (χ0v) is 11.1. The van der Waals surface area contributed by atoms with E-state index in [1.54, 1.807) is 11.8 Å². The molecule has 2 N–H and O–H groups in total. The van der Waals surface area contributed by atoms with E-state index in [4.69, 9.17) is 5.11 Å². The first-order valence-corrected chi connectivity index (χ1v) is 6.48. The van der Waals surface area contributed by atoms with E-state index in [1.807, 2.05) is 0 Å². The van der Waals surface area contributed by atoms with Crippen molar-refractivity contribution in [3.05, 3.63) is 0 Å². The van der Waals surface area contributed by atoms with Crippen LogP contribution in [0.3, 0.4) is 0 Å². The highest BCUT2D eigenvalue weighted by Crippen LogP contribution is 2.16. The molecular weight excluding hydrogens is 252 g/mol. The van der Waals surface area contributed by atoms with Gasteiger partial charge < -0.3 is 9.84 Å². The van der Waals surface area contributed by atoms with Crippen molar-refractivity contribution < 1.29 is 24.2 Å². The van der Waals surface area contributed by atoms with E-state index in [9.17, 15) is 14.4 Å². The van der Waals surface area contributed by atoms with Gasteiger partial charge in [0.15, 0.2) is 0 Å². The van der Waals surface area contributed by atoms with Crippen LogP contribution < -0.4 is 5.32 Å². The number of carbonyl (C=O) groups excluding carboxylic acids is 2. The number of carbonyl (C=O) groups is 3. The topological polar surface area (TPSA) is 95.9 Å². The molecule has 7 heteroatoms. The van der Waals surface area contributed by atoms with Gasteiger partial charge in [0, 0.05) is 0 Å². The molecule has 0 bridgehead atoms. The van der Waals surface area contributed by atoms with E-state index < -0.39 is 24.0 Å². The van der Waals surface area contributed by atoms with Crippen LogP contribution in [0, 0.1) is 0 Å². The minimum atomic E-state index is -0.925. The van der Waals surface area contributed by atoms with Crippen molar-refractivity contribution in [3.63, 3.8) is 0 Å². The fourth-order valence-electron chi connectivity index (χ4n) is 2.14. The van der Waals surface area contributed by atoms with E-state index in [0.29, 0.717) is 13.0 Å². The lowest BCUT2D eigenvalue weighted by atomic mass is 10.1. The predicted molar refractivity (Wildman–Crippen MR) is 66.6 cm³/mol. The number of nitrogens with zero attached hydrogens (tertiary/aromatic N) is 1. The number of rotatable bonds is 4. The molecular formula is C12H20N2O5. The van der Waals surface area contributed by atoms with Crippen LogP contribution in [0.15, 0.2) is 0 Å². The predicted octanol–water partition coefficient (Wildman–Crippen LogP) is 0.588. The Balaban J connectivity index is 2.53. The van der Waals surface area contributed by atoms with Crippen molar-refractivity contribution in [1.29, 1.82) is 0 Å². The molecule has 0 aromatic heterocycles. The normalized spacial score (nSPS) is 20.4. The van der Waals surface area contributed by atoms with Crippen LogP contribution in [0.25, 0.3) is 0 Å². The number of imide groups is 1. The molecule has 19 heavy (non-hydrogen) atoms. The van der Waals surface area contributed by atoms with Crippen LogP contribution in [0.2, 0.25) is 0 Å². The van der Waals surface area contributed by atoms with Crippen LogP contribution in [0.4, 0.5) is 4.79 Å². The number of carboxylic acid groups (broad SMARTS) is 1. The largest absolute Gasteiger partial charge is 0.480 e. The minimum Gasteiger partial charge on any atom is -0.480 e. The number of ether oxygens (including phenoxy) is 1. The maximum absolute atomic E-state index is 11.6. The van der Waals surface area contributed by atoms with Gasteiger partial charge in [0.1, 0.15) is 6.04 Å². The molecule has 1 saturated heterocycles. The van der Waals surface area contributed by atoms with Crippen LogP contribution in [0.1, 0.15) is 32.6 Å². The van der Waals surface area contributed by atoms with E-state index in [0.717, 1.165) is 19.3 Å². The van der Waals surface area contributed by atoms with Gasteiger partial charge >= 0.3 is 12.1 Å². The highest BCUT2D eigenvalue weighted by atomic mass is 16.5. The molecule has 1 rings (SSSR count). The highest BCUT2D eigenvalue weighted by molar-refractivity contribution is 5.93. The summed E-state index contributed by atoms with van der Waals surface area (Å²) in [5.74, 6) is -1.46. The van der Waals surface area contributed by atoms with Crippen molar-refractivity contribution in [2.75, 3.05) is 19.7 Å². The van der Waals surface area contributed by atoms with Crippen molar-refractivity contribution in [2.24, 2.45) is 0 Å². The lowest BCUT2D eigenvalue weighted by Crippen LogP contribution is -2.47. The Kier molecular flexibility index (Phi) is 6.27. The Labute approximate surface area is 111 Å². The van der Waals surface area contributed by atoms with Crippen LogP contribution >= 0.6 is 0 Å². The zero-order chi connectivity index (χ0) is 14.3. The Bertz CT molecular complexity index is 345. The highest BCUT2D eigenvalue weighted by Gasteiger charge is 2.28. The van der Waals surface area contributed by atoms with Gasteiger partial charge in [-0.15, -0.1) is 0 Å². The molecule has 0 spiro atoms. The molecule has 1 unspecified atom stereocenters. The van der Waals surface area contributed by atoms with Crippen LogP contribution in [-0.2, 0) is 14.3 Å². The summed E-state index contributed by atoms with van der Waals surface area (Å²) in [6, 6.07) is -0.657. The molecule has 1 aliphatic heterocycles. The summed E-state index contributed by atoms with van der Waals surface area (Å²) in [6.45, 7) is 2.27. The SMILES string of the molecule is CCOC(=O)NC(=O)CN1CCCCCC1C(=O)O. The second-order valence-corrected chi connectivity index (χ2v) is 4.44. The monoisotopic (exact) mass is 272 g/mol. The maximum atomic E-state index is 11.6. The average molecular weight is 272 g/mol. The van der Waals surface area contributed by atoms with Gasteiger partial charge in [-0.1, -0.05) is 12.8 Å². The molecule has 1 atom stereocenters. The molecule has 1 heterocycles. The van der Waals surface area contributed by atoms with E-state index in [-0.39, 0.29) is 13.2 Å². The van der Waals surface area contributed by atoms with E-state index in [1.165, 1.54) is 0 Å². The summed E-state index contributed by atoms with van der Waals surface area (Å²) in [5, 5.41) is 11.2. The van der Waals surface area contributed by atoms with Crippen molar-refractivity contribution in [2.45, 2.75) is 38.6 Å². The number of likely N-dealkylation sites (tertiary alicyclic amines) is 1. The molecule has 0 aromatic rings. The standard InChI is InChI=1S/C12H20N2O5/c1-2-19-12(18)13-10(15)8-14-7-5-3-4-6-9(14)11(16)17/h9H,2-8H2,1H3,(H,16,17)(H,13,15,18). The number of carboxylic acids is 1. The first kappa shape index (κ1) is 15.4. The summed E-state index contributed by atoms with van der Waals surface area (Å²) < 4.78 is 4.59. The number of aliphatic carboxylic acids is 1. The fraction of sp³-hybridized carbons (Fsp3) is 0.750. The van der Waals surface area contributed by atoms with Gasteiger partial charge in [0.05, 0.1) is 13.2 Å². The molecule has 0 radical (unpaired) electrons. The van der Waals surface area contributed by atoms with Gasteiger partial charge in [0.25, 0.3) is 0 Å². The molecule has 108 valence electrons. The molecule has 1 fully saturated rings. The van der Waals surface area contributed by atoms with Crippen molar-refractivity contribution in [3.8, 4) is 0 Å². The minimum absolute atomic E-state index is 0.101. The lowest BCUT2D eigenvalue weighted by Gasteiger charge is -2.25. The van der Waals surface area contributed by atoms with Gasteiger partial charge in [-0.2, -0.15) is 0 Å². The lowest BCUT2D eigenvalue weighted by molar-refractivity contribution is -0.143. The second-order valence-electron chi connectivity index (χ2n) is 4.44. The van der Waals surface area contributed by atoms with E-state index >= 15 is 0 Å². The maximum Gasteiger partial charge on any atom is 0.413 e. The van der Waals surface area contributed by atoms with Crippen LogP contribution in [0.5, 0.6) is 0 Å². The van der Waals surface area contributed by atoms with E-state index in [2.05, 4.69) is 10.1 Å². The molecule has 2 amide bonds. The van der Waals surface area contributed by atoms with Gasteiger partial charge in [-0.3, -0.25) is 19.8 Å². The second kappa shape index (κ2) is 7.73. The third-order valence-corrected chi connectivity index (χ3v) is 3.01. The number of hydrogen-bond donors (Lipinski definition) is 2. The summed E-state index contributed by atoms with van der Waals surface area (Å²) in [6.07, 6.45) is 2.39. The molecule has 0 saturated carbocycles. The molecule has 0 aromatic carbocycles. The quantitative estimate of drug-likeness (QED) is 0.777. The Hall–Kier alpha value is -1.63. The first-order chi connectivity index (χ1) is 9.04. The zero-order valence-electron chi connectivity index (χ0n) is 11.1. The fourth-order valence-corrected chi connectivity index (χ4v) is 2.14. The van der Waals surface area contributed by atoms with Gasteiger partial charge in [-0.25, -0.2) is 4.79 Å². The number of hydrogen-bond acceptors (Lipinski definition) is 5. The summed E-state index contributed by atoms with van der Waals surface area (Å²) in [7, 11) is 0. The van der Waals surface area contributed by atoms with Gasteiger partial charge in [0.2, 0.25) is 5.91 Å². The summed E-state index contributed by atoms with van der Waals surface area (Å²) in [4.78, 5) is 35.5. The molecule has 0 aliphatic carbocycles. The summed E-state index contributed by atoms with van der Waals surface area (Å²) in [5.41, 5.74) is 0. The smallest absolute Gasteiger partial charge is 0.413 e. The van der Waals surface area contributed by atoms with Crippen molar-refractivity contribution in [1.82, 2.24) is 10.2 Å². The van der Waals surface area contributed by atoms with Crippen molar-refractivity contribution >= 4 is 18.0 Å². The van der Waals surface area contributed by atoms with Crippen LogP contribution in [-0.4, -0.2) is 53.7 Å². The molecule has 1 aliphatic rings.